The van der Waals surface area contributed by atoms with Crippen molar-refractivity contribution in [3.8, 4) is 0 Å². The third-order valence-corrected chi connectivity index (χ3v) is 4.92. The van der Waals surface area contributed by atoms with Crippen LogP contribution >= 0.6 is 11.8 Å². The predicted octanol–water partition coefficient (Wildman–Crippen LogP) is -0.858. The number of aliphatic hydroxyl groups excluding tert-OH is 3. The van der Waals surface area contributed by atoms with Crippen molar-refractivity contribution in [1.29, 1.82) is 0 Å². The standard InChI is InChI=1S/C13H19N5O4S/c1-6(19)2-23-3-7-9(20)10(21)13(22-7)18-5-17-8-11(14)15-4-16-12(8)18/h4-7,9-10,13,19-21H,2-3H2,1H3,(H2,14,15,16)/t6?,7-,9-,10-,13-/m1/s1. The smallest absolute Gasteiger partial charge is 0.167 e. The van der Waals surface area contributed by atoms with Crippen LogP contribution in [-0.2, 0) is 4.74 Å². The molecule has 5 atom stereocenters. The SMILES string of the molecule is CC(O)CSC[C@H]1O[C@@H](n2cnc3c(N)ncnc32)[C@H](O)[C@@H]1O. The van der Waals surface area contributed by atoms with Gasteiger partial charge in [-0.25, -0.2) is 15.0 Å². The minimum Gasteiger partial charge on any atom is -0.393 e. The van der Waals surface area contributed by atoms with Gasteiger partial charge < -0.3 is 25.8 Å². The van der Waals surface area contributed by atoms with Crippen LogP contribution in [-0.4, -0.2) is 70.8 Å². The second-order valence-electron chi connectivity index (χ2n) is 5.52. The number of ether oxygens (including phenoxy) is 1. The van der Waals surface area contributed by atoms with Crippen molar-refractivity contribution in [2.75, 3.05) is 17.2 Å². The Labute approximate surface area is 136 Å². The van der Waals surface area contributed by atoms with Crippen molar-refractivity contribution in [1.82, 2.24) is 19.5 Å². The van der Waals surface area contributed by atoms with Gasteiger partial charge in [0.05, 0.1) is 18.5 Å². The van der Waals surface area contributed by atoms with E-state index in [1.165, 1.54) is 24.4 Å². The molecule has 1 fully saturated rings. The highest BCUT2D eigenvalue weighted by atomic mass is 32.2. The van der Waals surface area contributed by atoms with Gasteiger partial charge in [0.25, 0.3) is 0 Å². The molecule has 0 bridgehead atoms. The van der Waals surface area contributed by atoms with Gasteiger partial charge in [0, 0.05) is 11.5 Å². The van der Waals surface area contributed by atoms with Gasteiger partial charge in [-0.1, -0.05) is 0 Å². The Balaban J connectivity index is 1.78. The first-order valence-corrected chi connectivity index (χ1v) is 8.35. The largest absolute Gasteiger partial charge is 0.393 e. The van der Waals surface area contributed by atoms with Gasteiger partial charge in [0.15, 0.2) is 17.7 Å². The minimum atomic E-state index is -1.11. The molecular formula is C13H19N5O4S. The summed E-state index contributed by atoms with van der Waals surface area (Å²) < 4.78 is 7.32. The van der Waals surface area contributed by atoms with Crippen molar-refractivity contribution < 1.29 is 20.1 Å². The van der Waals surface area contributed by atoms with Crippen LogP contribution in [0.1, 0.15) is 13.2 Å². The molecule has 1 saturated heterocycles. The van der Waals surface area contributed by atoms with Gasteiger partial charge in [0.1, 0.15) is 24.1 Å². The maximum atomic E-state index is 10.3. The van der Waals surface area contributed by atoms with Crippen LogP contribution in [0.25, 0.3) is 11.2 Å². The highest BCUT2D eigenvalue weighted by molar-refractivity contribution is 7.99. The summed E-state index contributed by atoms with van der Waals surface area (Å²) in [5.41, 5.74) is 6.60. The molecule has 3 heterocycles. The van der Waals surface area contributed by atoms with Gasteiger partial charge in [-0.05, 0) is 6.92 Å². The van der Waals surface area contributed by atoms with Gasteiger partial charge in [-0.3, -0.25) is 4.57 Å². The molecule has 23 heavy (non-hydrogen) atoms. The quantitative estimate of drug-likeness (QED) is 0.547. The molecule has 2 aromatic rings. The Morgan fingerprint density at radius 2 is 2.13 bits per heavy atom. The van der Waals surface area contributed by atoms with Gasteiger partial charge in [0.2, 0.25) is 0 Å². The Hall–Kier alpha value is -1.46. The number of rotatable bonds is 5. The highest BCUT2D eigenvalue weighted by Crippen LogP contribution is 2.33. The van der Waals surface area contributed by atoms with Crippen LogP contribution in [0.5, 0.6) is 0 Å². The highest BCUT2D eigenvalue weighted by Gasteiger charge is 2.44. The fourth-order valence-corrected chi connectivity index (χ4v) is 3.49. The Morgan fingerprint density at radius 3 is 2.87 bits per heavy atom. The normalized spacial score (nSPS) is 29.2. The third kappa shape index (κ3) is 3.12. The Kier molecular flexibility index (Phi) is 4.69. The number of nitrogens with two attached hydrogens (primary N) is 1. The van der Waals surface area contributed by atoms with Crippen molar-refractivity contribution in [2.24, 2.45) is 0 Å². The van der Waals surface area contributed by atoms with Crippen LogP contribution < -0.4 is 5.73 Å². The molecule has 2 aromatic heterocycles. The predicted molar refractivity (Wildman–Crippen MR) is 84.7 cm³/mol. The molecule has 1 aliphatic rings. The van der Waals surface area contributed by atoms with E-state index in [9.17, 15) is 15.3 Å². The van der Waals surface area contributed by atoms with Crippen LogP contribution in [0.15, 0.2) is 12.7 Å². The number of hydrogen-bond acceptors (Lipinski definition) is 9. The number of hydrogen-bond donors (Lipinski definition) is 4. The van der Waals surface area contributed by atoms with Gasteiger partial charge in [-0.15, -0.1) is 0 Å². The molecule has 9 nitrogen and oxygen atoms in total. The number of imidazole rings is 1. The van der Waals surface area contributed by atoms with E-state index in [1.807, 2.05) is 0 Å². The maximum Gasteiger partial charge on any atom is 0.167 e. The van der Waals surface area contributed by atoms with Gasteiger partial charge in [-0.2, -0.15) is 11.8 Å². The first kappa shape index (κ1) is 16.4. The van der Waals surface area contributed by atoms with Crippen LogP contribution in [0, 0.1) is 0 Å². The summed E-state index contributed by atoms with van der Waals surface area (Å²) in [6.07, 6.45) is -1.15. The zero-order valence-corrected chi connectivity index (χ0v) is 13.3. The fourth-order valence-electron chi connectivity index (χ4n) is 2.51. The van der Waals surface area contributed by atoms with E-state index in [-0.39, 0.29) is 5.82 Å². The van der Waals surface area contributed by atoms with E-state index < -0.39 is 30.6 Å². The zero-order chi connectivity index (χ0) is 16.6. The Bertz CT molecular complexity index is 681. The summed E-state index contributed by atoms with van der Waals surface area (Å²) in [5.74, 6) is 1.24. The maximum absolute atomic E-state index is 10.3. The molecule has 0 aliphatic carbocycles. The van der Waals surface area contributed by atoms with Crippen molar-refractivity contribution in [3.05, 3.63) is 12.7 Å². The number of nitrogen functional groups attached to an aromatic ring is 1. The first-order valence-electron chi connectivity index (χ1n) is 7.19. The summed E-state index contributed by atoms with van der Waals surface area (Å²) in [7, 11) is 0. The van der Waals surface area contributed by atoms with Crippen LogP contribution in [0.2, 0.25) is 0 Å². The summed E-state index contributed by atoms with van der Waals surface area (Å²) >= 11 is 1.45. The van der Waals surface area contributed by atoms with E-state index in [0.29, 0.717) is 22.7 Å². The minimum absolute atomic E-state index is 0.242. The lowest BCUT2D eigenvalue weighted by Gasteiger charge is -2.16. The lowest BCUT2D eigenvalue weighted by Crippen LogP contribution is -2.32. The van der Waals surface area contributed by atoms with E-state index in [2.05, 4.69) is 15.0 Å². The molecule has 10 heteroatoms. The summed E-state index contributed by atoms with van der Waals surface area (Å²) in [5, 5.41) is 29.7. The molecule has 126 valence electrons. The number of anilines is 1. The molecule has 0 saturated carbocycles. The van der Waals surface area contributed by atoms with E-state index in [0.717, 1.165) is 0 Å². The number of thioether (sulfide) groups is 1. The monoisotopic (exact) mass is 341 g/mol. The van der Waals surface area contributed by atoms with E-state index in [1.54, 1.807) is 11.5 Å². The topological polar surface area (TPSA) is 140 Å². The first-order chi connectivity index (χ1) is 11.0. The second-order valence-corrected chi connectivity index (χ2v) is 6.59. The molecule has 1 aliphatic heterocycles. The van der Waals surface area contributed by atoms with Crippen molar-refractivity contribution in [2.45, 2.75) is 37.6 Å². The molecule has 0 spiro atoms. The van der Waals surface area contributed by atoms with Crippen LogP contribution in [0.3, 0.4) is 0 Å². The molecule has 1 unspecified atom stereocenters. The zero-order valence-electron chi connectivity index (χ0n) is 12.5. The molecule has 0 radical (unpaired) electrons. The van der Waals surface area contributed by atoms with Gasteiger partial charge >= 0.3 is 0 Å². The average Bonchev–Trinajstić information content (AvgIpc) is 3.04. The lowest BCUT2D eigenvalue weighted by molar-refractivity contribution is -0.0289. The second kappa shape index (κ2) is 6.57. The third-order valence-electron chi connectivity index (χ3n) is 3.64. The van der Waals surface area contributed by atoms with Crippen LogP contribution in [0.4, 0.5) is 5.82 Å². The summed E-state index contributed by atoms with van der Waals surface area (Å²) in [6.45, 7) is 1.69. The molecule has 3 rings (SSSR count). The number of aromatic nitrogens is 4. The van der Waals surface area contributed by atoms with E-state index in [4.69, 9.17) is 10.5 Å². The van der Waals surface area contributed by atoms with Crippen molar-refractivity contribution in [3.63, 3.8) is 0 Å². The van der Waals surface area contributed by atoms with Crippen molar-refractivity contribution >= 4 is 28.7 Å². The van der Waals surface area contributed by atoms with E-state index >= 15 is 0 Å². The number of aliphatic hydroxyl groups is 3. The number of nitrogens with zero attached hydrogens (tertiary/aromatic N) is 4. The fraction of sp³-hybridized carbons (Fsp3) is 0.615. The Morgan fingerprint density at radius 1 is 1.35 bits per heavy atom. The molecular weight excluding hydrogens is 322 g/mol. The number of fused-ring (bicyclic) bond motifs is 1. The molecule has 5 N–H and O–H groups in total. The molecule has 0 amide bonds. The summed E-state index contributed by atoms with van der Waals surface area (Å²) in [6, 6.07) is 0. The average molecular weight is 341 g/mol. The lowest BCUT2D eigenvalue weighted by atomic mass is 10.1. The molecule has 0 aromatic carbocycles. The summed E-state index contributed by atoms with van der Waals surface area (Å²) in [4.78, 5) is 12.1.